The molecule has 0 spiro atoms. The lowest BCUT2D eigenvalue weighted by atomic mass is 10.0. The van der Waals surface area contributed by atoms with Crippen molar-refractivity contribution in [3.8, 4) is 11.3 Å². The number of ether oxygens (including phenoxy) is 1. The molecule has 5 rings (SSSR count). The van der Waals surface area contributed by atoms with E-state index in [4.69, 9.17) is 20.4 Å². The van der Waals surface area contributed by atoms with E-state index in [-0.39, 0.29) is 18.1 Å². The van der Waals surface area contributed by atoms with Gasteiger partial charge in [0.1, 0.15) is 5.82 Å². The second-order valence-corrected chi connectivity index (χ2v) is 9.02. The first-order valence-electron chi connectivity index (χ1n) is 10.8. The molecule has 5 heterocycles. The molecule has 0 unspecified atom stereocenters. The minimum atomic E-state index is 0.169. The van der Waals surface area contributed by atoms with Crippen molar-refractivity contribution in [1.29, 1.82) is 0 Å². The summed E-state index contributed by atoms with van der Waals surface area (Å²) in [7, 11) is 2.20. The van der Waals surface area contributed by atoms with Crippen LogP contribution >= 0.6 is 0 Å². The minimum absolute atomic E-state index is 0.169. The first-order valence-corrected chi connectivity index (χ1v) is 10.8. The number of anilines is 3. The average molecular weight is 411 g/mol. The van der Waals surface area contributed by atoms with Crippen LogP contribution in [0.3, 0.4) is 0 Å². The third kappa shape index (κ3) is 3.67. The molecule has 3 aliphatic rings. The van der Waals surface area contributed by atoms with E-state index < -0.39 is 0 Å². The number of hydrogen-bond donors (Lipinski definition) is 1. The Hall–Kier alpha value is -2.52. The summed E-state index contributed by atoms with van der Waals surface area (Å²) < 4.78 is 5.83. The van der Waals surface area contributed by atoms with Crippen LogP contribution in [0.1, 0.15) is 20.3 Å². The molecular formula is C21H30N8O. The number of fused-ring (bicyclic) bond motifs is 2. The Kier molecular flexibility index (Phi) is 4.94. The molecule has 160 valence electrons. The molecule has 0 aliphatic carbocycles. The van der Waals surface area contributed by atoms with Crippen LogP contribution < -0.4 is 15.5 Å². The summed E-state index contributed by atoms with van der Waals surface area (Å²) in [6, 6.07) is 2.75. The van der Waals surface area contributed by atoms with E-state index in [2.05, 4.69) is 45.6 Å². The third-order valence-corrected chi connectivity index (χ3v) is 6.42. The van der Waals surface area contributed by atoms with Gasteiger partial charge in [0.05, 0.1) is 24.4 Å². The Balaban J connectivity index is 1.56. The van der Waals surface area contributed by atoms with Crippen molar-refractivity contribution in [1.82, 2.24) is 24.8 Å². The van der Waals surface area contributed by atoms with Crippen LogP contribution in [0.5, 0.6) is 0 Å². The van der Waals surface area contributed by atoms with Gasteiger partial charge in [-0.2, -0.15) is 4.98 Å². The topological polar surface area (TPSA) is 96.5 Å². The molecule has 3 aliphatic heterocycles. The number of nitrogen functional groups attached to an aromatic ring is 1. The van der Waals surface area contributed by atoms with Gasteiger partial charge >= 0.3 is 0 Å². The summed E-state index contributed by atoms with van der Waals surface area (Å²) in [5, 5.41) is 0. The zero-order valence-electron chi connectivity index (χ0n) is 17.9. The van der Waals surface area contributed by atoms with Crippen molar-refractivity contribution >= 4 is 17.7 Å². The van der Waals surface area contributed by atoms with E-state index in [1.807, 2.05) is 6.07 Å². The van der Waals surface area contributed by atoms with Crippen LogP contribution in [-0.2, 0) is 4.74 Å². The van der Waals surface area contributed by atoms with E-state index in [0.29, 0.717) is 18.6 Å². The Morgan fingerprint density at radius 3 is 2.63 bits per heavy atom. The number of morpholine rings is 1. The number of likely N-dealkylation sites (tertiary alicyclic amines) is 1. The fraction of sp³-hybridized carbons (Fsp3) is 0.619. The van der Waals surface area contributed by atoms with Gasteiger partial charge in [-0.15, -0.1) is 0 Å². The lowest BCUT2D eigenvalue weighted by Gasteiger charge is -2.38. The van der Waals surface area contributed by atoms with Gasteiger partial charge in [0.15, 0.2) is 0 Å². The minimum Gasteiger partial charge on any atom is -0.375 e. The van der Waals surface area contributed by atoms with Gasteiger partial charge in [0.2, 0.25) is 11.9 Å². The maximum Gasteiger partial charge on any atom is 0.228 e. The molecule has 9 nitrogen and oxygen atoms in total. The number of likely N-dealkylation sites (N-methyl/N-ethyl adjacent to an activating group) is 1. The highest BCUT2D eigenvalue weighted by atomic mass is 16.5. The molecule has 2 aromatic heterocycles. The van der Waals surface area contributed by atoms with E-state index in [1.54, 1.807) is 12.4 Å². The average Bonchev–Trinajstić information content (AvgIpc) is 3.04. The number of piperidine rings is 1. The van der Waals surface area contributed by atoms with Crippen molar-refractivity contribution in [3.63, 3.8) is 0 Å². The highest BCUT2D eigenvalue weighted by Crippen LogP contribution is 2.34. The molecule has 2 N–H and O–H groups in total. The van der Waals surface area contributed by atoms with Crippen LogP contribution in [0.2, 0.25) is 0 Å². The Labute approximate surface area is 177 Å². The standard InChI is InChI=1S/C21H30N8O/c1-13-12-30-14(2)8-28(13)19-5-18(16-6-23-20(22)24-7-16)25-21(26-19)29-10-15-4-17(29)11-27(3)9-15/h5-7,13-15,17H,4,8-12H2,1-3H3,(H2,22,23,24)/t13-,14-,15+,17-/m0/s1. The molecule has 2 aromatic rings. The summed E-state index contributed by atoms with van der Waals surface area (Å²) in [5.74, 6) is 2.67. The fourth-order valence-electron chi connectivity index (χ4n) is 4.98. The van der Waals surface area contributed by atoms with Crippen molar-refractivity contribution in [2.45, 2.75) is 38.5 Å². The highest BCUT2D eigenvalue weighted by Gasteiger charge is 2.39. The van der Waals surface area contributed by atoms with Crippen LogP contribution in [0, 0.1) is 5.92 Å². The molecule has 3 fully saturated rings. The molecular weight excluding hydrogens is 380 g/mol. The number of nitrogens with zero attached hydrogens (tertiary/aromatic N) is 7. The molecule has 4 atom stereocenters. The predicted octanol–water partition coefficient (Wildman–Crippen LogP) is 1.27. The summed E-state index contributed by atoms with van der Waals surface area (Å²) >= 11 is 0. The number of rotatable bonds is 3. The van der Waals surface area contributed by atoms with Crippen LogP contribution in [0.15, 0.2) is 18.5 Å². The summed E-state index contributed by atoms with van der Waals surface area (Å²) in [6.45, 7) is 8.99. The number of nitrogens with two attached hydrogens (primary N) is 1. The van der Waals surface area contributed by atoms with Gasteiger partial charge in [0.25, 0.3) is 0 Å². The van der Waals surface area contributed by atoms with Crippen LogP contribution in [0.4, 0.5) is 17.7 Å². The van der Waals surface area contributed by atoms with Gasteiger partial charge in [-0.1, -0.05) is 0 Å². The normalized spacial score (nSPS) is 29.4. The molecule has 2 bridgehead atoms. The van der Waals surface area contributed by atoms with Crippen molar-refractivity contribution < 1.29 is 4.74 Å². The van der Waals surface area contributed by atoms with E-state index in [0.717, 1.165) is 49.2 Å². The summed E-state index contributed by atoms with van der Waals surface area (Å²) in [5.41, 5.74) is 7.38. The Bertz CT molecular complexity index is 906. The maximum atomic E-state index is 5.83. The fourth-order valence-corrected chi connectivity index (χ4v) is 4.98. The lowest BCUT2D eigenvalue weighted by Crippen LogP contribution is -2.48. The lowest BCUT2D eigenvalue weighted by molar-refractivity contribution is 0.0340. The molecule has 0 saturated carbocycles. The van der Waals surface area contributed by atoms with Crippen molar-refractivity contribution in [3.05, 3.63) is 18.5 Å². The Morgan fingerprint density at radius 1 is 1.03 bits per heavy atom. The Morgan fingerprint density at radius 2 is 1.83 bits per heavy atom. The van der Waals surface area contributed by atoms with Crippen LogP contribution in [-0.4, -0.2) is 82.9 Å². The zero-order chi connectivity index (χ0) is 20.8. The smallest absolute Gasteiger partial charge is 0.228 e. The second kappa shape index (κ2) is 7.63. The first kappa shape index (κ1) is 19.4. The highest BCUT2D eigenvalue weighted by molar-refractivity contribution is 5.64. The quantitative estimate of drug-likeness (QED) is 0.802. The molecule has 0 radical (unpaired) electrons. The molecule has 30 heavy (non-hydrogen) atoms. The maximum absolute atomic E-state index is 5.83. The number of hydrogen-bond acceptors (Lipinski definition) is 9. The van der Waals surface area contributed by atoms with Gasteiger partial charge in [0, 0.05) is 56.2 Å². The van der Waals surface area contributed by atoms with E-state index in [9.17, 15) is 0 Å². The number of aromatic nitrogens is 4. The predicted molar refractivity (Wildman–Crippen MR) is 116 cm³/mol. The molecule has 0 amide bonds. The van der Waals surface area contributed by atoms with Gasteiger partial charge in [-0.05, 0) is 33.2 Å². The summed E-state index contributed by atoms with van der Waals surface area (Å²) in [6.07, 6.45) is 4.85. The van der Waals surface area contributed by atoms with Gasteiger partial charge < -0.3 is 25.2 Å². The monoisotopic (exact) mass is 410 g/mol. The summed E-state index contributed by atoms with van der Waals surface area (Å²) in [4.78, 5) is 25.5. The van der Waals surface area contributed by atoms with Crippen molar-refractivity contribution in [2.75, 3.05) is 55.4 Å². The van der Waals surface area contributed by atoms with Crippen LogP contribution in [0.25, 0.3) is 11.3 Å². The zero-order valence-corrected chi connectivity index (χ0v) is 17.9. The van der Waals surface area contributed by atoms with Gasteiger partial charge in [-0.3, -0.25) is 0 Å². The largest absolute Gasteiger partial charge is 0.375 e. The first-order chi connectivity index (χ1) is 14.5. The molecule has 9 heteroatoms. The van der Waals surface area contributed by atoms with E-state index in [1.165, 1.54) is 6.42 Å². The SMILES string of the molecule is C[C@H]1CN(c2cc(-c3cnc(N)nc3)nc(N3C[C@@H]4C[C@H]3CN(C)C4)n2)[C@@H](C)CO1. The van der Waals surface area contributed by atoms with Gasteiger partial charge in [-0.25, -0.2) is 15.0 Å². The second-order valence-electron chi connectivity index (χ2n) is 9.02. The van der Waals surface area contributed by atoms with E-state index >= 15 is 0 Å². The third-order valence-electron chi connectivity index (χ3n) is 6.42. The molecule has 3 saturated heterocycles. The van der Waals surface area contributed by atoms with Crippen molar-refractivity contribution in [2.24, 2.45) is 5.92 Å². The molecule has 0 aromatic carbocycles.